The Kier molecular flexibility index (Phi) is 1.81. The molecule has 0 atom stereocenters. The van der Waals surface area contributed by atoms with Crippen LogP contribution in [0.1, 0.15) is 11.3 Å². The third-order valence-electron chi connectivity index (χ3n) is 3.60. The third-order valence-corrected chi connectivity index (χ3v) is 3.60. The molecule has 3 heteroatoms. The minimum absolute atomic E-state index is 0.270. The van der Waals surface area contributed by atoms with Gasteiger partial charge in [-0.25, -0.2) is 4.79 Å². The van der Waals surface area contributed by atoms with E-state index >= 15 is 0 Å². The van der Waals surface area contributed by atoms with E-state index in [1.807, 2.05) is 12.1 Å². The topological polar surface area (TPSA) is 46.0 Å². The number of aryl methyl sites for hydroxylation is 2. The molecule has 1 N–H and O–H groups in total. The van der Waals surface area contributed by atoms with Gasteiger partial charge in [0.05, 0.1) is 5.69 Å². The summed E-state index contributed by atoms with van der Waals surface area (Å²) in [6.45, 7) is 0. The Hall–Kier alpha value is -2.29. The van der Waals surface area contributed by atoms with E-state index in [4.69, 9.17) is 4.42 Å². The largest absolute Gasteiger partial charge is 0.427 e. The minimum atomic E-state index is -0.270. The van der Waals surface area contributed by atoms with Crippen LogP contribution in [0.3, 0.4) is 0 Å². The summed E-state index contributed by atoms with van der Waals surface area (Å²) in [6, 6.07) is 11.6. The smallest absolute Gasteiger partial charge is 0.335 e. The average Bonchev–Trinajstić information content (AvgIpc) is 2.77. The molecule has 0 unspecified atom stereocenters. The van der Waals surface area contributed by atoms with Crippen LogP contribution >= 0.6 is 0 Å². The van der Waals surface area contributed by atoms with Crippen molar-refractivity contribution >= 4 is 10.9 Å². The second-order valence-electron chi connectivity index (χ2n) is 4.62. The van der Waals surface area contributed by atoms with E-state index in [1.165, 1.54) is 17.0 Å². The molecule has 0 fully saturated rings. The van der Waals surface area contributed by atoms with Gasteiger partial charge in [0.15, 0.2) is 0 Å². The lowest BCUT2D eigenvalue weighted by Crippen LogP contribution is -2.07. The zero-order valence-electron chi connectivity index (χ0n) is 9.69. The van der Waals surface area contributed by atoms with Crippen molar-refractivity contribution in [2.24, 2.45) is 0 Å². The van der Waals surface area contributed by atoms with Gasteiger partial charge in [0, 0.05) is 29.0 Å². The van der Waals surface area contributed by atoms with Gasteiger partial charge in [-0.05, 0) is 24.1 Å². The number of fused-ring (bicyclic) bond motifs is 5. The van der Waals surface area contributed by atoms with Gasteiger partial charge in [0.1, 0.15) is 5.76 Å². The van der Waals surface area contributed by atoms with E-state index in [2.05, 4.69) is 23.2 Å². The molecule has 1 aliphatic rings. The second-order valence-corrected chi connectivity index (χ2v) is 4.62. The van der Waals surface area contributed by atoms with Crippen LogP contribution in [0.25, 0.3) is 22.2 Å². The Morgan fingerprint density at radius 3 is 2.89 bits per heavy atom. The van der Waals surface area contributed by atoms with Gasteiger partial charge in [-0.1, -0.05) is 18.2 Å². The van der Waals surface area contributed by atoms with Gasteiger partial charge in [0.2, 0.25) is 0 Å². The first-order valence-electron chi connectivity index (χ1n) is 6.06. The molecule has 2 heterocycles. The normalized spacial score (nSPS) is 13.3. The van der Waals surface area contributed by atoms with Gasteiger partial charge < -0.3 is 9.40 Å². The van der Waals surface area contributed by atoms with E-state index in [9.17, 15) is 4.79 Å². The van der Waals surface area contributed by atoms with Crippen molar-refractivity contribution in [3.05, 3.63) is 58.1 Å². The quantitative estimate of drug-likeness (QED) is 0.653. The van der Waals surface area contributed by atoms with Crippen LogP contribution in [0.15, 0.2) is 45.6 Å². The lowest BCUT2D eigenvalue weighted by molar-refractivity contribution is 0.458. The van der Waals surface area contributed by atoms with E-state index in [0.29, 0.717) is 0 Å². The lowest BCUT2D eigenvalue weighted by Gasteiger charge is -2.14. The van der Waals surface area contributed by atoms with Crippen molar-refractivity contribution in [2.75, 3.05) is 0 Å². The molecule has 0 saturated carbocycles. The zero-order valence-corrected chi connectivity index (χ0v) is 9.69. The predicted molar refractivity (Wildman–Crippen MR) is 69.7 cm³/mol. The molecule has 3 aromatic rings. The summed E-state index contributed by atoms with van der Waals surface area (Å²) < 4.78 is 5.28. The maximum absolute atomic E-state index is 11.2. The molecule has 1 aliphatic carbocycles. The van der Waals surface area contributed by atoms with Gasteiger partial charge in [-0.3, -0.25) is 0 Å². The lowest BCUT2D eigenvalue weighted by atomic mass is 9.93. The van der Waals surface area contributed by atoms with Crippen molar-refractivity contribution in [1.82, 2.24) is 4.98 Å². The molecule has 0 radical (unpaired) electrons. The van der Waals surface area contributed by atoms with E-state index in [1.54, 1.807) is 0 Å². The number of para-hydroxylation sites is 1. The van der Waals surface area contributed by atoms with Crippen molar-refractivity contribution in [2.45, 2.75) is 12.8 Å². The molecule has 1 aromatic carbocycles. The number of nitrogens with one attached hydrogen (secondary N) is 1. The van der Waals surface area contributed by atoms with E-state index in [-0.39, 0.29) is 5.63 Å². The van der Waals surface area contributed by atoms with Gasteiger partial charge in [-0.15, -0.1) is 0 Å². The maximum Gasteiger partial charge on any atom is 0.335 e. The maximum atomic E-state index is 11.2. The number of benzene rings is 1. The highest BCUT2D eigenvalue weighted by Gasteiger charge is 2.22. The first-order valence-corrected chi connectivity index (χ1v) is 6.06. The number of hydrogen-bond donors (Lipinski definition) is 1. The van der Waals surface area contributed by atoms with Crippen LogP contribution in [0, 0.1) is 0 Å². The highest BCUT2D eigenvalue weighted by atomic mass is 16.4. The number of rotatable bonds is 0. The number of hydrogen-bond acceptors (Lipinski definition) is 2. The molecule has 0 spiro atoms. The molecule has 88 valence electrons. The Morgan fingerprint density at radius 1 is 1.06 bits per heavy atom. The number of aromatic nitrogens is 1. The number of H-pyrrole nitrogens is 1. The van der Waals surface area contributed by atoms with Crippen LogP contribution in [0.5, 0.6) is 0 Å². The van der Waals surface area contributed by atoms with Crippen LogP contribution in [0.2, 0.25) is 0 Å². The van der Waals surface area contributed by atoms with Crippen molar-refractivity contribution in [3.63, 3.8) is 0 Å². The molecule has 0 aliphatic heterocycles. The molecule has 2 aromatic heterocycles. The van der Waals surface area contributed by atoms with Crippen molar-refractivity contribution in [1.29, 1.82) is 0 Å². The Balaban J connectivity index is 2.09. The van der Waals surface area contributed by atoms with Crippen LogP contribution < -0.4 is 5.63 Å². The molecular formula is C15H11NO2. The standard InChI is InChI=1S/C15H11NO2/c17-14-8-6-11-13(18-14)7-5-10-9-3-1-2-4-12(9)16-15(10)11/h1-4,6,8,16H,5,7H2. The van der Waals surface area contributed by atoms with E-state index in [0.717, 1.165) is 35.4 Å². The average molecular weight is 237 g/mol. The summed E-state index contributed by atoms with van der Waals surface area (Å²) >= 11 is 0. The van der Waals surface area contributed by atoms with E-state index < -0.39 is 0 Å². The summed E-state index contributed by atoms with van der Waals surface area (Å²) in [5, 5.41) is 1.27. The first-order chi connectivity index (χ1) is 8.83. The molecular weight excluding hydrogens is 226 g/mol. The molecule has 0 bridgehead atoms. The summed E-state index contributed by atoms with van der Waals surface area (Å²) in [6.07, 6.45) is 1.71. The van der Waals surface area contributed by atoms with Gasteiger partial charge >= 0.3 is 5.63 Å². The minimum Gasteiger partial charge on any atom is -0.427 e. The van der Waals surface area contributed by atoms with Crippen LogP contribution in [-0.4, -0.2) is 4.98 Å². The highest BCUT2D eigenvalue weighted by Crippen LogP contribution is 2.36. The fourth-order valence-electron chi connectivity index (χ4n) is 2.79. The summed E-state index contributed by atoms with van der Waals surface area (Å²) in [5.74, 6) is 0.793. The Labute approximate surface area is 103 Å². The monoisotopic (exact) mass is 237 g/mol. The molecule has 3 nitrogen and oxygen atoms in total. The fourth-order valence-corrected chi connectivity index (χ4v) is 2.79. The second kappa shape index (κ2) is 3.35. The zero-order chi connectivity index (χ0) is 12.1. The summed E-state index contributed by atoms with van der Waals surface area (Å²) in [5.41, 5.74) is 4.31. The van der Waals surface area contributed by atoms with Crippen molar-refractivity contribution in [3.8, 4) is 11.3 Å². The van der Waals surface area contributed by atoms with Gasteiger partial charge in [0.25, 0.3) is 0 Å². The van der Waals surface area contributed by atoms with Crippen LogP contribution in [-0.2, 0) is 12.8 Å². The fraction of sp³-hybridized carbons (Fsp3) is 0.133. The number of aromatic amines is 1. The van der Waals surface area contributed by atoms with Crippen LogP contribution in [0.4, 0.5) is 0 Å². The molecule has 0 amide bonds. The summed E-state index contributed by atoms with van der Waals surface area (Å²) in [7, 11) is 0. The predicted octanol–water partition coefficient (Wildman–Crippen LogP) is 2.89. The Bertz CT molecular complexity index is 811. The first kappa shape index (κ1) is 9.71. The van der Waals surface area contributed by atoms with Crippen molar-refractivity contribution < 1.29 is 4.42 Å². The molecule has 4 rings (SSSR count). The third kappa shape index (κ3) is 1.21. The molecule has 0 saturated heterocycles. The summed E-state index contributed by atoms with van der Waals surface area (Å²) in [4.78, 5) is 14.7. The molecule has 18 heavy (non-hydrogen) atoms. The SMILES string of the molecule is O=c1ccc2c(o1)CCc1c-2[nH]c2ccccc12. The Morgan fingerprint density at radius 2 is 1.94 bits per heavy atom. The highest BCUT2D eigenvalue weighted by molar-refractivity contribution is 5.91. The van der Waals surface area contributed by atoms with Gasteiger partial charge in [-0.2, -0.15) is 0 Å².